The van der Waals surface area contributed by atoms with Gasteiger partial charge in [0.05, 0.1) is 16.7 Å². The molecule has 1 amide bonds. The van der Waals surface area contributed by atoms with Gasteiger partial charge in [0, 0.05) is 26.2 Å². The molecule has 0 N–H and O–H groups in total. The van der Waals surface area contributed by atoms with Crippen molar-refractivity contribution in [1.29, 1.82) is 0 Å². The van der Waals surface area contributed by atoms with E-state index >= 15 is 0 Å². The van der Waals surface area contributed by atoms with Crippen LogP contribution in [-0.2, 0) is 6.18 Å². The van der Waals surface area contributed by atoms with E-state index in [4.69, 9.17) is 9.73 Å². The lowest BCUT2D eigenvalue weighted by atomic mass is 10.1. The van der Waals surface area contributed by atoms with Crippen LogP contribution in [0.5, 0.6) is 11.5 Å². The number of halogens is 3. The van der Waals surface area contributed by atoms with Crippen LogP contribution >= 0.6 is 0 Å². The van der Waals surface area contributed by atoms with Crippen molar-refractivity contribution in [1.82, 2.24) is 9.80 Å². The van der Waals surface area contributed by atoms with E-state index in [1.54, 1.807) is 0 Å². The number of rotatable bonds is 1. The Balaban J connectivity index is 1.41. The molecule has 1 fully saturated rings. The zero-order valence-electron chi connectivity index (χ0n) is 18.5. The lowest BCUT2D eigenvalue weighted by molar-refractivity contribution is -0.138. The lowest BCUT2D eigenvalue weighted by Crippen LogP contribution is -2.51. The van der Waals surface area contributed by atoms with Crippen LogP contribution in [-0.4, -0.2) is 47.7 Å². The van der Waals surface area contributed by atoms with Gasteiger partial charge in [0.25, 0.3) is 5.91 Å². The third-order valence-electron chi connectivity index (χ3n) is 6.02. The molecule has 3 aromatic carbocycles. The fourth-order valence-corrected chi connectivity index (χ4v) is 4.28. The first kappa shape index (κ1) is 22.0. The van der Waals surface area contributed by atoms with Gasteiger partial charge in [0.1, 0.15) is 17.3 Å². The molecule has 0 unspecified atom stereocenters. The molecule has 174 valence electrons. The van der Waals surface area contributed by atoms with Crippen LogP contribution in [0.2, 0.25) is 0 Å². The quantitative estimate of drug-likeness (QED) is 0.466. The SMILES string of the molecule is Cc1ccc2c(c1)Oc1ccccc1C(N1CCN(C(=O)c3ccccc3C(F)(F)F)CC1)=N2. The number of fused-ring (bicyclic) bond motifs is 2. The number of aryl methyl sites for hydroxylation is 1. The second kappa shape index (κ2) is 8.52. The number of amides is 1. The number of hydrogen-bond acceptors (Lipinski definition) is 4. The molecule has 0 aliphatic carbocycles. The fraction of sp³-hybridized carbons (Fsp3) is 0.231. The number of carbonyl (C=O) groups is 1. The minimum absolute atomic E-state index is 0.286. The average molecular weight is 465 g/mol. The summed E-state index contributed by atoms with van der Waals surface area (Å²) < 4.78 is 46.4. The van der Waals surface area contributed by atoms with Crippen molar-refractivity contribution in [3.8, 4) is 11.5 Å². The number of piperazine rings is 1. The van der Waals surface area contributed by atoms with Gasteiger partial charge >= 0.3 is 6.18 Å². The molecular formula is C26H22F3N3O2. The van der Waals surface area contributed by atoms with E-state index in [1.165, 1.54) is 23.1 Å². The molecule has 2 aliphatic rings. The van der Waals surface area contributed by atoms with E-state index in [0.717, 1.165) is 23.0 Å². The van der Waals surface area contributed by atoms with Crippen LogP contribution in [0.4, 0.5) is 18.9 Å². The number of hydrogen-bond donors (Lipinski definition) is 0. The standard InChI is InChI=1S/C26H22F3N3O2/c1-17-10-11-21-23(16-17)34-22-9-5-3-7-19(22)24(30-21)31-12-14-32(15-13-31)25(33)18-6-2-4-8-20(18)26(27,28)29/h2-11,16H,12-15H2,1H3. The Bertz CT molecular complexity index is 1280. The second-order valence-electron chi connectivity index (χ2n) is 8.33. The van der Waals surface area contributed by atoms with Gasteiger partial charge in [0.2, 0.25) is 0 Å². The molecule has 2 heterocycles. The van der Waals surface area contributed by atoms with E-state index in [2.05, 4.69) is 4.90 Å². The number of amidine groups is 1. The lowest BCUT2D eigenvalue weighted by Gasteiger charge is -2.37. The Kier molecular flexibility index (Phi) is 5.51. The zero-order chi connectivity index (χ0) is 23.9. The maximum absolute atomic E-state index is 13.4. The van der Waals surface area contributed by atoms with Gasteiger partial charge in [-0.05, 0) is 48.9 Å². The van der Waals surface area contributed by atoms with E-state index in [1.807, 2.05) is 49.4 Å². The highest BCUT2D eigenvalue weighted by Gasteiger charge is 2.36. The van der Waals surface area contributed by atoms with Crippen molar-refractivity contribution in [2.45, 2.75) is 13.1 Å². The van der Waals surface area contributed by atoms with E-state index in [9.17, 15) is 18.0 Å². The van der Waals surface area contributed by atoms with Gasteiger partial charge in [-0.3, -0.25) is 4.79 Å². The van der Waals surface area contributed by atoms with Crippen molar-refractivity contribution >= 4 is 17.4 Å². The summed E-state index contributed by atoms with van der Waals surface area (Å²) in [6.07, 6.45) is -4.58. The molecule has 1 saturated heterocycles. The number of benzene rings is 3. The Morgan fingerprint density at radius 2 is 1.62 bits per heavy atom. The molecule has 2 aliphatic heterocycles. The van der Waals surface area contributed by atoms with Gasteiger partial charge in [-0.2, -0.15) is 13.2 Å². The van der Waals surface area contributed by atoms with E-state index in [-0.39, 0.29) is 18.7 Å². The Labute approximate surface area is 195 Å². The van der Waals surface area contributed by atoms with Crippen LogP contribution in [0.15, 0.2) is 71.7 Å². The molecule has 5 rings (SSSR count). The molecule has 0 atom stereocenters. The summed E-state index contributed by atoms with van der Waals surface area (Å²) >= 11 is 0. The maximum Gasteiger partial charge on any atom is 0.417 e. The number of alkyl halides is 3. The van der Waals surface area contributed by atoms with Gasteiger partial charge < -0.3 is 14.5 Å². The maximum atomic E-state index is 13.4. The molecule has 8 heteroatoms. The molecule has 5 nitrogen and oxygen atoms in total. The van der Waals surface area contributed by atoms with E-state index in [0.29, 0.717) is 30.3 Å². The number of para-hydroxylation sites is 1. The topological polar surface area (TPSA) is 45.1 Å². The Morgan fingerprint density at radius 1 is 0.912 bits per heavy atom. The van der Waals surface area contributed by atoms with Gasteiger partial charge in [0.15, 0.2) is 5.75 Å². The monoisotopic (exact) mass is 465 g/mol. The van der Waals surface area contributed by atoms with Gasteiger partial charge in [-0.25, -0.2) is 4.99 Å². The zero-order valence-corrected chi connectivity index (χ0v) is 18.5. The molecule has 0 bridgehead atoms. The van der Waals surface area contributed by atoms with Crippen molar-refractivity contribution in [2.24, 2.45) is 4.99 Å². The van der Waals surface area contributed by atoms with Crippen molar-refractivity contribution in [3.05, 3.63) is 89.0 Å². The average Bonchev–Trinajstić information content (AvgIpc) is 2.99. The van der Waals surface area contributed by atoms with Gasteiger partial charge in [-0.1, -0.05) is 30.3 Å². The Morgan fingerprint density at radius 3 is 2.38 bits per heavy atom. The summed E-state index contributed by atoms with van der Waals surface area (Å²) in [7, 11) is 0. The number of ether oxygens (including phenoxy) is 1. The van der Waals surface area contributed by atoms with Crippen LogP contribution in [0.25, 0.3) is 0 Å². The largest absolute Gasteiger partial charge is 0.454 e. The number of nitrogens with zero attached hydrogens (tertiary/aromatic N) is 3. The first-order valence-electron chi connectivity index (χ1n) is 11.0. The number of aliphatic imine (C=N–C) groups is 1. The molecular weight excluding hydrogens is 443 g/mol. The third kappa shape index (κ3) is 4.11. The Hall–Kier alpha value is -3.81. The smallest absolute Gasteiger partial charge is 0.417 e. The first-order chi connectivity index (χ1) is 16.3. The predicted octanol–water partition coefficient (Wildman–Crippen LogP) is 5.66. The van der Waals surface area contributed by atoms with Crippen LogP contribution in [0.1, 0.15) is 27.0 Å². The second-order valence-corrected chi connectivity index (χ2v) is 8.33. The normalized spacial score (nSPS) is 15.6. The van der Waals surface area contributed by atoms with Crippen molar-refractivity contribution in [3.63, 3.8) is 0 Å². The molecule has 0 radical (unpaired) electrons. The highest BCUT2D eigenvalue weighted by Crippen LogP contribution is 2.39. The minimum atomic E-state index is -4.58. The fourth-order valence-electron chi connectivity index (χ4n) is 4.28. The summed E-state index contributed by atoms with van der Waals surface area (Å²) in [6, 6.07) is 18.4. The van der Waals surface area contributed by atoms with Crippen molar-refractivity contribution in [2.75, 3.05) is 26.2 Å². The van der Waals surface area contributed by atoms with Gasteiger partial charge in [-0.15, -0.1) is 0 Å². The molecule has 0 spiro atoms. The molecule has 0 aromatic heterocycles. The van der Waals surface area contributed by atoms with Crippen LogP contribution < -0.4 is 4.74 Å². The summed E-state index contributed by atoms with van der Waals surface area (Å²) in [6.45, 7) is 3.43. The number of carbonyl (C=O) groups excluding carboxylic acids is 1. The third-order valence-corrected chi connectivity index (χ3v) is 6.02. The summed E-state index contributed by atoms with van der Waals surface area (Å²) in [4.78, 5) is 21.4. The highest BCUT2D eigenvalue weighted by atomic mass is 19.4. The first-order valence-corrected chi connectivity index (χ1v) is 11.0. The summed E-state index contributed by atoms with van der Waals surface area (Å²) in [5, 5.41) is 0. The minimum Gasteiger partial charge on any atom is -0.454 e. The highest BCUT2D eigenvalue weighted by molar-refractivity contribution is 6.04. The summed E-state index contributed by atoms with van der Waals surface area (Å²) in [5.74, 6) is 1.46. The molecule has 3 aromatic rings. The van der Waals surface area contributed by atoms with Crippen molar-refractivity contribution < 1.29 is 22.7 Å². The molecule has 0 saturated carbocycles. The van der Waals surface area contributed by atoms with Crippen LogP contribution in [0, 0.1) is 6.92 Å². The summed E-state index contributed by atoms with van der Waals surface area (Å²) in [5.41, 5.74) is 1.36. The molecule has 34 heavy (non-hydrogen) atoms. The van der Waals surface area contributed by atoms with E-state index < -0.39 is 17.6 Å². The van der Waals surface area contributed by atoms with Crippen LogP contribution in [0.3, 0.4) is 0 Å². The predicted molar refractivity (Wildman–Crippen MR) is 123 cm³/mol.